The van der Waals surface area contributed by atoms with Gasteiger partial charge in [0, 0.05) is 5.41 Å². The molecule has 0 aromatic heterocycles. The molecular weight excluding hydrogens is 178 g/mol. The summed E-state index contributed by atoms with van der Waals surface area (Å²) < 4.78 is 0. The van der Waals surface area contributed by atoms with Crippen molar-refractivity contribution >= 4 is 6.41 Å². The van der Waals surface area contributed by atoms with Crippen LogP contribution in [0.25, 0.3) is 0 Å². The molecule has 14 heavy (non-hydrogen) atoms. The summed E-state index contributed by atoms with van der Waals surface area (Å²) in [6.07, 6.45) is 2.52. The Hall–Kier alpha value is -0.570. The third kappa shape index (κ3) is 0.888. The fraction of sp³-hybridized carbons (Fsp3) is 0.909. The highest BCUT2D eigenvalue weighted by Crippen LogP contribution is 2.65. The Morgan fingerprint density at radius 2 is 2.07 bits per heavy atom. The number of hydrogen-bond donors (Lipinski definition) is 2. The van der Waals surface area contributed by atoms with Gasteiger partial charge in [0.2, 0.25) is 6.41 Å². The summed E-state index contributed by atoms with van der Waals surface area (Å²) in [5.74, 6) is 0.424. The van der Waals surface area contributed by atoms with Gasteiger partial charge in [-0.15, -0.1) is 0 Å². The second kappa shape index (κ2) is 2.72. The molecule has 3 nitrogen and oxygen atoms in total. The van der Waals surface area contributed by atoms with E-state index in [2.05, 4.69) is 26.1 Å². The number of aliphatic hydroxyl groups is 1. The lowest BCUT2D eigenvalue weighted by molar-refractivity contribution is -0.111. The molecule has 3 heteroatoms. The van der Waals surface area contributed by atoms with Crippen molar-refractivity contribution < 1.29 is 9.90 Å². The molecule has 2 aliphatic carbocycles. The minimum atomic E-state index is -0.388. The van der Waals surface area contributed by atoms with E-state index in [0.717, 1.165) is 12.8 Å². The number of rotatable bonds is 2. The molecule has 4 atom stereocenters. The monoisotopic (exact) mass is 197 g/mol. The van der Waals surface area contributed by atoms with Crippen LogP contribution >= 0.6 is 0 Å². The lowest BCUT2D eigenvalue weighted by Crippen LogP contribution is -2.46. The van der Waals surface area contributed by atoms with E-state index in [-0.39, 0.29) is 23.0 Å². The summed E-state index contributed by atoms with van der Waals surface area (Å²) in [5, 5.41) is 13.0. The van der Waals surface area contributed by atoms with E-state index in [1.54, 1.807) is 0 Å². The molecular formula is C11H19NO2. The molecule has 3 unspecified atom stereocenters. The van der Waals surface area contributed by atoms with Crippen molar-refractivity contribution in [3.8, 4) is 0 Å². The third-order valence-electron chi connectivity index (χ3n) is 5.06. The minimum Gasteiger partial charge on any atom is -0.390 e. The Labute approximate surface area is 84.9 Å². The SMILES string of the molecule is CC1(C)C2CC[C@]1(C)C(O)C2NC=O. The molecule has 2 rings (SSSR count). The molecule has 2 N–H and O–H groups in total. The van der Waals surface area contributed by atoms with Crippen molar-refractivity contribution in [1.82, 2.24) is 5.32 Å². The summed E-state index contributed by atoms with van der Waals surface area (Å²) >= 11 is 0. The summed E-state index contributed by atoms with van der Waals surface area (Å²) in [6.45, 7) is 6.56. The zero-order valence-corrected chi connectivity index (χ0v) is 9.08. The Kier molecular flexibility index (Phi) is 1.94. The molecule has 0 aromatic carbocycles. The minimum absolute atomic E-state index is 0.0294. The first-order valence-electron chi connectivity index (χ1n) is 5.33. The fourth-order valence-electron chi connectivity index (χ4n) is 3.62. The Morgan fingerprint density at radius 3 is 2.50 bits per heavy atom. The first-order chi connectivity index (χ1) is 6.45. The quantitative estimate of drug-likeness (QED) is 0.647. The van der Waals surface area contributed by atoms with Crippen molar-refractivity contribution in [2.24, 2.45) is 16.7 Å². The number of amides is 1. The van der Waals surface area contributed by atoms with Gasteiger partial charge in [0.25, 0.3) is 0 Å². The van der Waals surface area contributed by atoms with Gasteiger partial charge in [-0.3, -0.25) is 4.79 Å². The Bertz CT molecular complexity index is 264. The topological polar surface area (TPSA) is 49.3 Å². The van der Waals surface area contributed by atoms with Gasteiger partial charge in [-0.2, -0.15) is 0 Å². The highest BCUT2D eigenvalue weighted by molar-refractivity contribution is 5.48. The normalized spacial score (nSPS) is 49.3. The highest BCUT2D eigenvalue weighted by Gasteiger charge is 2.65. The first-order valence-corrected chi connectivity index (χ1v) is 5.33. The van der Waals surface area contributed by atoms with E-state index in [1.165, 1.54) is 0 Å². The predicted molar refractivity (Wildman–Crippen MR) is 53.6 cm³/mol. The van der Waals surface area contributed by atoms with Gasteiger partial charge in [0.15, 0.2) is 0 Å². The summed E-state index contributed by atoms with van der Waals surface area (Å²) in [6, 6.07) is -0.0405. The average molecular weight is 197 g/mol. The van der Waals surface area contributed by atoms with E-state index < -0.39 is 0 Å². The van der Waals surface area contributed by atoms with Crippen LogP contribution in [-0.4, -0.2) is 23.7 Å². The highest BCUT2D eigenvalue weighted by atomic mass is 16.3. The molecule has 2 bridgehead atoms. The van der Waals surface area contributed by atoms with Gasteiger partial charge in [-0.25, -0.2) is 0 Å². The molecule has 0 aromatic rings. The number of aliphatic hydroxyl groups excluding tert-OH is 1. The Balaban J connectivity index is 2.33. The third-order valence-corrected chi connectivity index (χ3v) is 5.06. The molecule has 0 saturated heterocycles. The van der Waals surface area contributed by atoms with Gasteiger partial charge in [0.1, 0.15) is 0 Å². The number of carbonyl (C=O) groups is 1. The summed E-state index contributed by atoms with van der Waals surface area (Å²) in [4.78, 5) is 10.5. The van der Waals surface area contributed by atoms with Crippen molar-refractivity contribution in [1.29, 1.82) is 0 Å². The maximum absolute atomic E-state index is 10.5. The Morgan fingerprint density at radius 1 is 1.43 bits per heavy atom. The van der Waals surface area contributed by atoms with E-state index >= 15 is 0 Å². The van der Waals surface area contributed by atoms with Crippen LogP contribution < -0.4 is 5.32 Å². The summed E-state index contributed by atoms with van der Waals surface area (Å²) in [7, 11) is 0. The van der Waals surface area contributed by atoms with Crippen LogP contribution in [0, 0.1) is 16.7 Å². The molecule has 2 saturated carbocycles. The molecule has 1 amide bonds. The largest absolute Gasteiger partial charge is 0.390 e. The fourth-order valence-corrected chi connectivity index (χ4v) is 3.62. The van der Waals surface area contributed by atoms with Crippen LogP contribution in [0.1, 0.15) is 33.6 Å². The predicted octanol–water partition coefficient (Wildman–Crippen LogP) is 0.918. The second-order valence-corrected chi connectivity index (χ2v) is 5.54. The average Bonchev–Trinajstić information content (AvgIpc) is 2.41. The second-order valence-electron chi connectivity index (χ2n) is 5.54. The smallest absolute Gasteiger partial charge is 0.207 e. The molecule has 0 aliphatic heterocycles. The zero-order valence-electron chi connectivity index (χ0n) is 9.08. The lowest BCUT2D eigenvalue weighted by atomic mass is 9.70. The molecule has 0 spiro atoms. The molecule has 0 radical (unpaired) electrons. The maximum atomic E-state index is 10.5. The van der Waals surface area contributed by atoms with Crippen molar-refractivity contribution in [2.45, 2.75) is 45.8 Å². The van der Waals surface area contributed by atoms with Gasteiger partial charge in [0.05, 0.1) is 12.1 Å². The summed E-state index contributed by atoms with van der Waals surface area (Å²) in [5.41, 5.74) is 0.103. The van der Waals surface area contributed by atoms with Gasteiger partial charge in [-0.1, -0.05) is 20.8 Å². The zero-order chi connectivity index (χ0) is 10.6. The van der Waals surface area contributed by atoms with Crippen LogP contribution in [0.4, 0.5) is 0 Å². The van der Waals surface area contributed by atoms with Crippen LogP contribution in [-0.2, 0) is 4.79 Å². The molecule has 0 heterocycles. The first kappa shape index (κ1) is 9.97. The van der Waals surface area contributed by atoms with Gasteiger partial charge in [-0.05, 0) is 24.2 Å². The number of carbonyl (C=O) groups excluding carboxylic acids is 1. The molecule has 2 fully saturated rings. The lowest BCUT2D eigenvalue weighted by Gasteiger charge is -2.37. The van der Waals surface area contributed by atoms with Crippen molar-refractivity contribution in [3.63, 3.8) is 0 Å². The van der Waals surface area contributed by atoms with Crippen LogP contribution in [0.3, 0.4) is 0 Å². The standard InChI is InChI=1S/C11H19NO2/c1-10(2)7-4-5-11(10,3)9(14)8(7)12-6-13/h6-9,14H,4-5H2,1-3H3,(H,12,13)/t7?,8?,9?,11-/m1/s1. The van der Waals surface area contributed by atoms with Gasteiger partial charge < -0.3 is 10.4 Å². The van der Waals surface area contributed by atoms with Crippen LogP contribution in [0.5, 0.6) is 0 Å². The van der Waals surface area contributed by atoms with E-state index in [4.69, 9.17) is 0 Å². The van der Waals surface area contributed by atoms with Crippen LogP contribution in [0.2, 0.25) is 0 Å². The van der Waals surface area contributed by atoms with E-state index in [9.17, 15) is 9.90 Å². The van der Waals surface area contributed by atoms with Crippen LogP contribution in [0.15, 0.2) is 0 Å². The number of nitrogens with one attached hydrogen (secondary N) is 1. The van der Waals surface area contributed by atoms with Crippen molar-refractivity contribution in [2.75, 3.05) is 0 Å². The number of hydrogen-bond acceptors (Lipinski definition) is 2. The van der Waals surface area contributed by atoms with Crippen molar-refractivity contribution in [3.05, 3.63) is 0 Å². The van der Waals surface area contributed by atoms with Gasteiger partial charge >= 0.3 is 0 Å². The van der Waals surface area contributed by atoms with E-state index in [1.807, 2.05) is 0 Å². The maximum Gasteiger partial charge on any atom is 0.207 e. The molecule has 80 valence electrons. The van der Waals surface area contributed by atoms with E-state index in [0.29, 0.717) is 12.3 Å². The molecule has 2 aliphatic rings. The number of fused-ring (bicyclic) bond motifs is 2.